The van der Waals surface area contributed by atoms with Gasteiger partial charge in [0.25, 0.3) is 0 Å². The normalized spacial score (nSPS) is 12.9. The van der Waals surface area contributed by atoms with Crippen molar-refractivity contribution in [2.45, 2.75) is 39.7 Å². The van der Waals surface area contributed by atoms with E-state index >= 15 is 0 Å². The number of aryl methyl sites for hydroxylation is 3. The van der Waals surface area contributed by atoms with Crippen molar-refractivity contribution in [2.75, 3.05) is 5.32 Å². The molecule has 0 radical (unpaired) electrons. The van der Waals surface area contributed by atoms with E-state index in [1.54, 1.807) is 0 Å². The van der Waals surface area contributed by atoms with Crippen molar-refractivity contribution < 1.29 is 4.79 Å². The number of nitrogens with one attached hydrogen (secondary N) is 1. The van der Waals surface area contributed by atoms with Crippen LogP contribution >= 0.6 is 11.3 Å². The molecule has 5 nitrogen and oxygen atoms in total. The SMILES string of the molecule is CCCn1cc2c(n1)-c1sc(NC(C)=O)nc1CC2. The standard InChI is InChI=1S/C13H16N4OS/c1-3-6-17-7-9-4-5-10-12(11(9)16-17)19-13(15-10)14-8(2)18/h7H,3-6H2,1-2H3,(H,14,15,18). The summed E-state index contributed by atoms with van der Waals surface area (Å²) in [6.07, 6.45) is 5.12. The fourth-order valence-electron chi connectivity index (χ4n) is 2.34. The Morgan fingerprint density at radius 3 is 3.11 bits per heavy atom. The van der Waals surface area contributed by atoms with Crippen molar-refractivity contribution in [2.24, 2.45) is 0 Å². The van der Waals surface area contributed by atoms with Crippen LogP contribution in [0.2, 0.25) is 0 Å². The van der Waals surface area contributed by atoms with E-state index < -0.39 is 0 Å². The second-order valence-electron chi connectivity index (χ2n) is 4.74. The van der Waals surface area contributed by atoms with Gasteiger partial charge in [-0.1, -0.05) is 18.3 Å². The predicted octanol–water partition coefficient (Wildman–Crippen LogP) is 2.47. The first kappa shape index (κ1) is 12.3. The molecule has 1 N–H and O–H groups in total. The number of anilines is 1. The van der Waals surface area contributed by atoms with E-state index in [1.807, 2.05) is 4.68 Å². The molecule has 0 bridgehead atoms. The highest BCUT2D eigenvalue weighted by atomic mass is 32.1. The second-order valence-corrected chi connectivity index (χ2v) is 5.74. The number of rotatable bonds is 3. The molecule has 2 heterocycles. The molecule has 2 aromatic heterocycles. The zero-order chi connectivity index (χ0) is 13.4. The molecule has 2 aromatic rings. The van der Waals surface area contributed by atoms with Crippen LogP contribution in [0.1, 0.15) is 31.5 Å². The maximum Gasteiger partial charge on any atom is 0.223 e. The van der Waals surface area contributed by atoms with Crippen LogP contribution in [0.4, 0.5) is 5.13 Å². The van der Waals surface area contributed by atoms with E-state index in [2.05, 4.69) is 28.5 Å². The molecule has 19 heavy (non-hydrogen) atoms. The lowest BCUT2D eigenvalue weighted by Gasteiger charge is -2.07. The van der Waals surface area contributed by atoms with Crippen LogP contribution in [0, 0.1) is 0 Å². The molecule has 0 saturated heterocycles. The Bertz CT molecular complexity index is 629. The van der Waals surface area contributed by atoms with Gasteiger partial charge in [-0.2, -0.15) is 5.10 Å². The van der Waals surface area contributed by atoms with Crippen LogP contribution in [0.25, 0.3) is 10.6 Å². The third-order valence-electron chi connectivity index (χ3n) is 3.12. The van der Waals surface area contributed by atoms with Gasteiger partial charge < -0.3 is 5.32 Å². The Labute approximate surface area is 115 Å². The molecule has 0 aromatic carbocycles. The van der Waals surface area contributed by atoms with Crippen molar-refractivity contribution in [3.8, 4) is 10.6 Å². The van der Waals surface area contributed by atoms with E-state index in [4.69, 9.17) is 0 Å². The van der Waals surface area contributed by atoms with E-state index in [9.17, 15) is 4.79 Å². The second kappa shape index (κ2) is 4.77. The number of thiazole rings is 1. The lowest BCUT2D eigenvalue weighted by Crippen LogP contribution is -2.05. The minimum atomic E-state index is -0.0807. The average Bonchev–Trinajstić information content (AvgIpc) is 2.90. The van der Waals surface area contributed by atoms with Crippen LogP contribution in [0.5, 0.6) is 0 Å². The molecule has 0 aliphatic heterocycles. The summed E-state index contributed by atoms with van der Waals surface area (Å²) in [5, 5.41) is 8.08. The highest BCUT2D eigenvalue weighted by Crippen LogP contribution is 2.38. The smallest absolute Gasteiger partial charge is 0.223 e. The quantitative estimate of drug-likeness (QED) is 0.937. The van der Waals surface area contributed by atoms with Gasteiger partial charge in [-0.25, -0.2) is 4.98 Å². The third-order valence-corrected chi connectivity index (χ3v) is 4.14. The maximum atomic E-state index is 11.1. The zero-order valence-corrected chi connectivity index (χ0v) is 11.9. The number of carbonyl (C=O) groups excluding carboxylic acids is 1. The summed E-state index contributed by atoms with van der Waals surface area (Å²) in [4.78, 5) is 16.7. The molecular weight excluding hydrogens is 260 g/mol. The lowest BCUT2D eigenvalue weighted by atomic mass is 10.0. The number of aromatic nitrogens is 3. The Kier molecular flexibility index (Phi) is 3.10. The van der Waals surface area contributed by atoms with Gasteiger partial charge in [0.1, 0.15) is 5.69 Å². The number of nitrogens with zero attached hydrogens (tertiary/aromatic N) is 3. The summed E-state index contributed by atoms with van der Waals surface area (Å²) < 4.78 is 2.01. The molecule has 0 unspecified atom stereocenters. The molecule has 1 aliphatic rings. The van der Waals surface area contributed by atoms with Crippen LogP contribution < -0.4 is 5.32 Å². The zero-order valence-electron chi connectivity index (χ0n) is 11.1. The summed E-state index contributed by atoms with van der Waals surface area (Å²) in [5.41, 5.74) is 3.39. The first-order valence-corrected chi connectivity index (χ1v) is 7.33. The number of hydrogen-bond acceptors (Lipinski definition) is 4. The van der Waals surface area contributed by atoms with E-state index in [-0.39, 0.29) is 5.91 Å². The molecule has 0 saturated carbocycles. The van der Waals surface area contributed by atoms with Gasteiger partial charge in [0.2, 0.25) is 5.91 Å². The fourth-order valence-corrected chi connectivity index (χ4v) is 3.42. The molecule has 0 fully saturated rings. The number of amides is 1. The Morgan fingerprint density at radius 1 is 1.53 bits per heavy atom. The van der Waals surface area contributed by atoms with Gasteiger partial charge in [-0.3, -0.25) is 9.48 Å². The summed E-state index contributed by atoms with van der Waals surface area (Å²) in [6, 6.07) is 0. The van der Waals surface area contributed by atoms with Gasteiger partial charge in [0.05, 0.1) is 10.6 Å². The fraction of sp³-hybridized carbons (Fsp3) is 0.462. The highest BCUT2D eigenvalue weighted by molar-refractivity contribution is 7.19. The molecule has 100 valence electrons. The molecule has 3 rings (SSSR count). The van der Waals surface area contributed by atoms with E-state index in [1.165, 1.54) is 23.8 Å². The van der Waals surface area contributed by atoms with Crippen LogP contribution in [-0.2, 0) is 24.2 Å². The Morgan fingerprint density at radius 2 is 2.37 bits per heavy atom. The summed E-state index contributed by atoms with van der Waals surface area (Å²) in [5.74, 6) is -0.0807. The Hall–Kier alpha value is -1.69. The minimum absolute atomic E-state index is 0.0807. The number of hydrogen-bond donors (Lipinski definition) is 1. The van der Waals surface area contributed by atoms with Crippen LogP contribution in [0.15, 0.2) is 6.20 Å². The van der Waals surface area contributed by atoms with Crippen molar-refractivity contribution >= 4 is 22.4 Å². The van der Waals surface area contributed by atoms with Crippen molar-refractivity contribution in [1.29, 1.82) is 0 Å². The highest BCUT2D eigenvalue weighted by Gasteiger charge is 2.24. The molecule has 6 heteroatoms. The van der Waals surface area contributed by atoms with Crippen LogP contribution in [0.3, 0.4) is 0 Å². The van der Waals surface area contributed by atoms with Crippen molar-refractivity contribution in [3.05, 3.63) is 17.5 Å². The largest absolute Gasteiger partial charge is 0.302 e. The number of fused-ring (bicyclic) bond motifs is 3. The first-order chi connectivity index (χ1) is 9.17. The van der Waals surface area contributed by atoms with Gasteiger partial charge >= 0.3 is 0 Å². The topological polar surface area (TPSA) is 59.8 Å². The molecule has 1 amide bonds. The average molecular weight is 276 g/mol. The van der Waals surface area contributed by atoms with Crippen molar-refractivity contribution in [1.82, 2.24) is 14.8 Å². The predicted molar refractivity (Wildman–Crippen MR) is 75.3 cm³/mol. The van der Waals surface area contributed by atoms with Crippen LogP contribution in [-0.4, -0.2) is 20.7 Å². The minimum Gasteiger partial charge on any atom is -0.302 e. The van der Waals surface area contributed by atoms with Crippen molar-refractivity contribution in [3.63, 3.8) is 0 Å². The van der Waals surface area contributed by atoms with E-state index in [0.717, 1.165) is 42.1 Å². The van der Waals surface area contributed by atoms with Gasteiger partial charge in [-0.15, -0.1) is 0 Å². The maximum absolute atomic E-state index is 11.1. The summed E-state index contributed by atoms with van der Waals surface area (Å²) in [6.45, 7) is 4.59. The monoisotopic (exact) mass is 276 g/mol. The Balaban J connectivity index is 1.98. The summed E-state index contributed by atoms with van der Waals surface area (Å²) >= 11 is 1.52. The lowest BCUT2D eigenvalue weighted by molar-refractivity contribution is -0.114. The van der Waals surface area contributed by atoms with Gasteiger partial charge in [0, 0.05) is 19.7 Å². The first-order valence-electron chi connectivity index (χ1n) is 6.51. The molecular formula is C13H16N4OS. The third kappa shape index (κ3) is 2.28. The molecule has 1 aliphatic carbocycles. The molecule has 0 atom stereocenters. The van der Waals surface area contributed by atoms with Gasteiger partial charge in [-0.05, 0) is 24.8 Å². The summed E-state index contributed by atoms with van der Waals surface area (Å²) in [7, 11) is 0. The molecule has 0 spiro atoms. The van der Waals surface area contributed by atoms with E-state index in [0.29, 0.717) is 5.13 Å². The van der Waals surface area contributed by atoms with Gasteiger partial charge in [0.15, 0.2) is 5.13 Å². The number of carbonyl (C=O) groups is 1.